The molecule has 1 aliphatic rings. The lowest BCUT2D eigenvalue weighted by atomic mass is 10.2. The molecule has 3 rings (SSSR count). The van der Waals surface area contributed by atoms with Gasteiger partial charge in [-0.3, -0.25) is 0 Å². The van der Waals surface area contributed by atoms with Gasteiger partial charge >= 0.3 is 0 Å². The Morgan fingerprint density at radius 2 is 2.24 bits per heavy atom. The van der Waals surface area contributed by atoms with Gasteiger partial charge in [-0.2, -0.15) is 0 Å². The Kier molecular flexibility index (Phi) is 4.56. The van der Waals surface area contributed by atoms with Crippen molar-refractivity contribution in [3.8, 4) is 16.3 Å². The van der Waals surface area contributed by atoms with Crippen molar-refractivity contribution >= 4 is 11.3 Å². The molecule has 1 aromatic carbocycles. The summed E-state index contributed by atoms with van der Waals surface area (Å²) in [5.74, 6) is 1.58. The molecule has 0 radical (unpaired) electrons. The van der Waals surface area contributed by atoms with Crippen molar-refractivity contribution in [1.29, 1.82) is 0 Å². The highest BCUT2D eigenvalue weighted by Gasteiger charge is 2.29. The minimum absolute atomic E-state index is 0.694. The van der Waals surface area contributed by atoms with Gasteiger partial charge in [-0.15, -0.1) is 11.3 Å². The van der Waals surface area contributed by atoms with Crippen LogP contribution in [0.5, 0.6) is 5.75 Å². The zero-order valence-corrected chi connectivity index (χ0v) is 13.5. The first-order valence-electron chi connectivity index (χ1n) is 7.66. The molecule has 0 saturated heterocycles. The smallest absolute Gasteiger partial charge is 0.124 e. The van der Waals surface area contributed by atoms with E-state index < -0.39 is 0 Å². The molecule has 1 fully saturated rings. The Morgan fingerprint density at radius 1 is 1.38 bits per heavy atom. The van der Waals surface area contributed by atoms with Crippen LogP contribution in [0.15, 0.2) is 24.3 Å². The van der Waals surface area contributed by atoms with Crippen LogP contribution >= 0.6 is 11.3 Å². The fraction of sp³-hybridized carbons (Fsp3) is 0.471. The molecule has 0 spiro atoms. The Labute approximate surface area is 130 Å². The van der Waals surface area contributed by atoms with Gasteiger partial charge in [0.15, 0.2) is 0 Å². The predicted molar refractivity (Wildman–Crippen MR) is 88.1 cm³/mol. The lowest BCUT2D eigenvalue weighted by Gasteiger charge is -2.02. The van der Waals surface area contributed by atoms with Gasteiger partial charge in [-0.1, -0.05) is 19.1 Å². The molecule has 0 bridgehead atoms. The quantitative estimate of drug-likeness (QED) is 0.779. The van der Waals surface area contributed by atoms with Crippen molar-refractivity contribution in [3.05, 3.63) is 34.8 Å². The second-order valence-electron chi connectivity index (χ2n) is 5.51. The number of aromatic nitrogens is 1. The molecule has 1 aliphatic carbocycles. The second-order valence-corrected chi connectivity index (χ2v) is 6.59. The predicted octanol–water partition coefficient (Wildman–Crippen LogP) is 4.20. The van der Waals surface area contributed by atoms with Gasteiger partial charge in [0.05, 0.1) is 12.8 Å². The summed E-state index contributed by atoms with van der Waals surface area (Å²) < 4.78 is 5.32. The lowest BCUT2D eigenvalue weighted by molar-refractivity contribution is 0.415. The third-order valence-electron chi connectivity index (χ3n) is 3.72. The molecule has 1 saturated carbocycles. The van der Waals surface area contributed by atoms with Crippen LogP contribution in [0.1, 0.15) is 42.7 Å². The second kappa shape index (κ2) is 6.58. The molecule has 2 aromatic rings. The number of nitrogens with one attached hydrogen (secondary N) is 1. The molecular formula is C17H22N2OS. The molecule has 1 aromatic heterocycles. The summed E-state index contributed by atoms with van der Waals surface area (Å²) in [6.45, 7) is 4.21. The van der Waals surface area contributed by atoms with Crippen LogP contribution < -0.4 is 10.1 Å². The van der Waals surface area contributed by atoms with Gasteiger partial charge in [-0.05, 0) is 37.9 Å². The first-order valence-corrected chi connectivity index (χ1v) is 8.48. The van der Waals surface area contributed by atoms with E-state index in [1.54, 1.807) is 7.11 Å². The molecule has 1 heterocycles. The monoisotopic (exact) mass is 302 g/mol. The zero-order chi connectivity index (χ0) is 14.7. The largest absolute Gasteiger partial charge is 0.497 e. The van der Waals surface area contributed by atoms with Crippen molar-refractivity contribution in [2.45, 2.75) is 38.6 Å². The van der Waals surface area contributed by atoms with Crippen molar-refractivity contribution in [2.75, 3.05) is 13.7 Å². The maximum absolute atomic E-state index is 5.32. The van der Waals surface area contributed by atoms with Crippen LogP contribution in [0, 0.1) is 0 Å². The maximum atomic E-state index is 5.32. The molecule has 1 N–H and O–H groups in total. The van der Waals surface area contributed by atoms with E-state index in [2.05, 4.69) is 24.4 Å². The normalized spacial score (nSPS) is 14.4. The van der Waals surface area contributed by atoms with Gasteiger partial charge in [0.25, 0.3) is 0 Å². The van der Waals surface area contributed by atoms with Crippen LogP contribution in [0.2, 0.25) is 0 Å². The van der Waals surface area contributed by atoms with E-state index in [9.17, 15) is 0 Å². The third kappa shape index (κ3) is 3.44. The number of rotatable bonds is 7. The van der Waals surface area contributed by atoms with Gasteiger partial charge in [0, 0.05) is 22.9 Å². The summed E-state index contributed by atoms with van der Waals surface area (Å²) in [7, 11) is 1.71. The fourth-order valence-electron chi connectivity index (χ4n) is 2.42. The summed E-state index contributed by atoms with van der Waals surface area (Å²) >= 11 is 1.82. The van der Waals surface area contributed by atoms with Gasteiger partial charge in [-0.25, -0.2) is 4.98 Å². The molecule has 0 atom stereocenters. The van der Waals surface area contributed by atoms with E-state index in [1.165, 1.54) is 29.8 Å². The van der Waals surface area contributed by atoms with E-state index >= 15 is 0 Å². The lowest BCUT2D eigenvalue weighted by Crippen LogP contribution is -2.13. The van der Waals surface area contributed by atoms with Crippen molar-refractivity contribution in [2.24, 2.45) is 0 Å². The maximum Gasteiger partial charge on any atom is 0.124 e. The summed E-state index contributed by atoms with van der Waals surface area (Å²) in [6, 6.07) is 8.18. The molecule has 0 amide bonds. The number of hydrogen-bond acceptors (Lipinski definition) is 4. The third-order valence-corrected chi connectivity index (χ3v) is 4.84. The van der Waals surface area contributed by atoms with Crippen LogP contribution in [0.3, 0.4) is 0 Å². The van der Waals surface area contributed by atoms with Crippen molar-refractivity contribution in [3.63, 3.8) is 0 Å². The standard InChI is InChI=1S/C17H22N2OS/c1-3-9-18-11-15-16(12-7-8-12)19-17(21-15)13-5-4-6-14(10-13)20-2/h4-6,10,12,18H,3,7-9,11H2,1-2H3. The van der Waals surface area contributed by atoms with E-state index in [1.807, 2.05) is 23.5 Å². The Balaban J connectivity index is 1.86. The molecule has 112 valence electrons. The Morgan fingerprint density at radius 3 is 2.95 bits per heavy atom. The summed E-state index contributed by atoms with van der Waals surface area (Å²) in [6.07, 6.45) is 3.75. The highest BCUT2D eigenvalue weighted by Crippen LogP contribution is 2.44. The van der Waals surface area contributed by atoms with Crippen LogP contribution in [0.25, 0.3) is 10.6 Å². The number of methoxy groups -OCH3 is 1. The summed E-state index contributed by atoms with van der Waals surface area (Å²) in [5.41, 5.74) is 2.48. The SMILES string of the molecule is CCCNCc1sc(-c2cccc(OC)c2)nc1C1CC1. The number of nitrogens with zero attached hydrogens (tertiary/aromatic N) is 1. The highest BCUT2D eigenvalue weighted by molar-refractivity contribution is 7.15. The molecule has 0 aliphatic heterocycles. The van der Waals surface area contributed by atoms with Crippen LogP contribution in [-0.2, 0) is 6.54 Å². The number of ether oxygens (including phenoxy) is 1. The van der Waals surface area contributed by atoms with Crippen molar-refractivity contribution < 1.29 is 4.74 Å². The first-order chi connectivity index (χ1) is 10.3. The minimum Gasteiger partial charge on any atom is -0.497 e. The average Bonchev–Trinajstić information content (AvgIpc) is 3.28. The topological polar surface area (TPSA) is 34.1 Å². The van der Waals surface area contributed by atoms with E-state index in [-0.39, 0.29) is 0 Å². The average molecular weight is 302 g/mol. The first kappa shape index (κ1) is 14.5. The van der Waals surface area contributed by atoms with Gasteiger partial charge < -0.3 is 10.1 Å². The summed E-state index contributed by atoms with van der Waals surface area (Å²) in [5, 5.41) is 4.62. The minimum atomic E-state index is 0.694. The number of thiazole rings is 1. The van der Waals surface area contributed by atoms with Gasteiger partial charge in [0.1, 0.15) is 10.8 Å². The van der Waals surface area contributed by atoms with Crippen molar-refractivity contribution in [1.82, 2.24) is 10.3 Å². The molecule has 0 unspecified atom stereocenters. The molecule has 4 heteroatoms. The van der Waals surface area contributed by atoms with Crippen LogP contribution in [-0.4, -0.2) is 18.6 Å². The van der Waals surface area contributed by atoms with E-state index in [0.717, 1.165) is 29.4 Å². The molecular weight excluding hydrogens is 280 g/mol. The molecule has 3 nitrogen and oxygen atoms in total. The van der Waals surface area contributed by atoms with E-state index in [4.69, 9.17) is 9.72 Å². The van der Waals surface area contributed by atoms with E-state index in [0.29, 0.717) is 5.92 Å². The van der Waals surface area contributed by atoms with Gasteiger partial charge in [0.2, 0.25) is 0 Å². The Bertz CT molecular complexity index is 605. The summed E-state index contributed by atoms with van der Waals surface area (Å²) in [4.78, 5) is 6.33. The van der Waals surface area contributed by atoms with Crippen LogP contribution in [0.4, 0.5) is 0 Å². The molecule has 21 heavy (non-hydrogen) atoms. The highest BCUT2D eigenvalue weighted by atomic mass is 32.1. The number of benzene rings is 1. The fourth-order valence-corrected chi connectivity index (χ4v) is 3.54. The zero-order valence-electron chi connectivity index (χ0n) is 12.7. The number of hydrogen-bond donors (Lipinski definition) is 1. The Hall–Kier alpha value is -1.39.